The van der Waals surface area contributed by atoms with Crippen LogP contribution in [0.2, 0.25) is 0 Å². The summed E-state index contributed by atoms with van der Waals surface area (Å²) in [5, 5.41) is 4.23. The van der Waals surface area contributed by atoms with Crippen molar-refractivity contribution in [2.75, 3.05) is 6.54 Å². The minimum Gasteiger partial charge on any atom is -0.348 e. The summed E-state index contributed by atoms with van der Waals surface area (Å²) in [7, 11) is 0. The molecule has 0 saturated carbocycles. The number of unbranched alkanes of at least 4 members (excludes halogenated alkanes) is 9. The Balaban J connectivity index is 2.01. The molecule has 0 aromatic rings. The molecule has 1 fully saturated rings. The van der Waals surface area contributed by atoms with Crippen LogP contribution in [0.25, 0.3) is 0 Å². The molecule has 0 bridgehead atoms. The average molecular weight is 484 g/mol. The van der Waals surface area contributed by atoms with Crippen molar-refractivity contribution in [1.29, 1.82) is 0 Å². The summed E-state index contributed by atoms with van der Waals surface area (Å²) in [4.78, 5) is 37.8. The van der Waals surface area contributed by atoms with Gasteiger partial charge in [0.1, 0.15) is 5.57 Å². The quantitative estimate of drug-likeness (QED) is 0.167. The summed E-state index contributed by atoms with van der Waals surface area (Å²) in [5.41, 5.74) is 3.39. The van der Waals surface area contributed by atoms with Crippen LogP contribution in [0.4, 0.5) is 4.79 Å². The fraction of sp³-hybridized carbons (Fsp3) is 0.621. The van der Waals surface area contributed by atoms with Crippen LogP contribution in [-0.4, -0.2) is 29.3 Å². The zero-order valence-electron chi connectivity index (χ0n) is 22.4. The normalized spacial score (nSPS) is 16.4. The van der Waals surface area contributed by atoms with Crippen LogP contribution in [0.1, 0.15) is 98.8 Å². The van der Waals surface area contributed by atoms with Gasteiger partial charge in [0.2, 0.25) is 0 Å². The summed E-state index contributed by atoms with van der Waals surface area (Å²) in [6, 6.07) is -0.783. The summed E-state index contributed by atoms with van der Waals surface area (Å²) < 4.78 is 0. The first kappa shape index (κ1) is 28.6. The van der Waals surface area contributed by atoms with E-state index in [2.05, 4.69) is 62.3 Å². The first-order chi connectivity index (χ1) is 16.7. The van der Waals surface area contributed by atoms with E-state index in [1.165, 1.54) is 81.7 Å². The van der Waals surface area contributed by atoms with Crippen LogP contribution in [0.15, 0.2) is 46.8 Å². The van der Waals surface area contributed by atoms with Gasteiger partial charge in [-0.2, -0.15) is 0 Å². The van der Waals surface area contributed by atoms with Gasteiger partial charge in [-0.15, -0.1) is 0 Å². The molecule has 0 spiro atoms. The molecular formula is C29H45N3O3. The van der Waals surface area contributed by atoms with Crippen LogP contribution in [0, 0.1) is 11.8 Å². The lowest BCUT2D eigenvalue weighted by Gasteiger charge is -2.37. The highest BCUT2D eigenvalue weighted by Gasteiger charge is 2.27. The SMILES string of the molecule is CCCCCCCCCCCCN1C(C(C)C)=CC(=CC=C2C(=O)NC(=O)NC2=O)C=C1C(C)C. The number of nitrogens with zero attached hydrogens (tertiary/aromatic N) is 1. The Morgan fingerprint density at radius 1 is 0.714 bits per heavy atom. The summed E-state index contributed by atoms with van der Waals surface area (Å²) in [6.45, 7) is 12.1. The van der Waals surface area contributed by atoms with Gasteiger partial charge in [-0.1, -0.05) is 98.5 Å². The van der Waals surface area contributed by atoms with E-state index in [9.17, 15) is 14.4 Å². The molecule has 2 aliphatic heterocycles. The van der Waals surface area contributed by atoms with Crippen LogP contribution in [0.3, 0.4) is 0 Å². The largest absolute Gasteiger partial charge is 0.348 e. The van der Waals surface area contributed by atoms with E-state index < -0.39 is 17.8 Å². The Labute approximate surface area is 212 Å². The molecule has 0 radical (unpaired) electrons. The van der Waals surface area contributed by atoms with Crippen molar-refractivity contribution < 1.29 is 14.4 Å². The minimum absolute atomic E-state index is 0.0658. The summed E-state index contributed by atoms with van der Waals surface area (Å²) >= 11 is 0. The molecule has 6 nitrogen and oxygen atoms in total. The number of imide groups is 2. The van der Waals surface area contributed by atoms with Gasteiger partial charge in [0, 0.05) is 17.9 Å². The van der Waals surface area contributed by atoms with Crippen LogP contribution >= 0.6 is 0 Å². The minimum atomic E-state index is -0.783. The highest BCUT2D eigenvalue weighted by atomic mass is 16.2. The molecule has 1 saturated heterocycles. The lowest BCUT2D eigenvalue weighted by Crippen LogP contribution is -2.51. The lowest BCUT2D eigenvalue weighted by atomic mass is 9.94. The molecule has 0 unspecified atom stereocenters. The van der Waals surface area contributed by atoms with E-state index in [1.807, 2.05) is 0 Å². The maximum Gasteiger partial charge on any atom is 0.328 e. The van der Waals surface area contributed by atoms with Gasteiger partial charge < -0.3 is 4.90 Å². The molecule has 4 amide bonds. The highest BCUT2D eigenvalue weighted by Crippen LogP contribution is 2.32. The van der Waals surface area contributed by atoms with Gasteiger partial charge in [-0.05, 0) is 42.1 Å². The van der Waals surface area contributed by atoms with E-state index in [0.29, 0.717) is 11.8 Å². The second kappa shape index (κ2) is 14.7. The third-order valence-electron chi connectivity index (χ3n) is 6.56. The van der Waals surface area contributed by atoms with E-state index in [-0.39, 0.29) is 5.57 Å². The molecule has 35 heavy (non-hydrogen) atoms. The lowest BCUT2D eigenvalue weighted by molar-refractivity contribution is -0.124. The van der Waals surface area contributed by atoms with Crippen molar-refractivity contribution in [3.63, 3.8) is 0 Å². The summed E-state index contributed by atoms with van der Waals surface area (Å²) in [6.07, 6.45) is 20.8. The van der Waals surface area contributed by atoms with Crippen LogP contribution < -0.4 is 10.6 Å². The number of barbiturate groups is 1. The number of amides is 4. The predicted molar refractivity (Wildman–Crippen MR) is 142 cm³/mol. The van der Waals surface area contributed by atoms with Crippen molar-refractivity contribution >= 4 is 17.8 Å². The molecule has 0 aliphatic carbocycles. The average Bonchev–Trinajstić information content (AvgIpc) is 2.79. The monoisotopic (exact) mass is 483 g/mol. The standard InChI is InChI=1S/C29H45N3O3/c1-6-7-8-9-10-11-12-13-14-15-18-32-25(21(2)3)19-23(20-26(32)22(4)5)16-17-24-27(33)30-29(35)31-28(24)34/h16-17,19-22H,6-15,18H2,1-5H3,(H2,30,31,33,34,35). The number of allylic oxidation sites excluding steroid dienone is 7. The van der Waals surface area contributed by atoms with Gasteiger partial charge in [0.05, 0.1) is 0 Å². The molecular weight excluding hydrogens is 438 g/mol. The second-order valence-electron chi connectivity index (χ2n) is 10.3. The van der Waals surface area contributed by atoms with E-state index in [0.717, 1.165) is 12.1 Å². The number of urea groups is 1. The Bertz CT molecular complexity index is 828. The number of rotatable bonds is 14. The smallest absolute Gasteiger partial charge is 0.328 e. The zero-order valence-corrected chi connectivity index (χ0v) is 22.4. The number of hydrogen-bond donors (Lipinski definition) is 2. The number of nitrogens with one attached hydrogen (secondary N) is 2. The Hall–Kier alpha value is -2.63. The van der Waals surface area contributed by atoms with Gasteiger partial charge in [0.15, 0.2) is 0 Å². The fourth-order valence-corrected chi connectivity index (χ4v) is 4.56. The maximum atomic E-state index is 12.0. The van der Waals surface area contributed by atoms with Crippen molar-refractivity contribution in [1.82, 2.24) is 15.5 Å². The van der Waals surface area contributed by atoms with Crippen molar-refractivity contribution in [2.45, 2.75) is 98.8 Å². The van der Waals surface area contributed by atoms with Crippen molar-refractivity contribution in [3.8, 4) is 0 Å². The van der Waals surface area contributed by atoms with Crippen LogP contribution in [-0.2, 0) is 9.59 Å². The topological polar surface area (TPSA) is 78.5 Å². The molecule has 2 heterocycles. The van der Waals surface area contributed by atoms with E-state index >= 15 is 0 Å². The Kier molecular flexibility index (Phi) is 12.0. The van der Waals surface area contributed by atoms with E-state index in [4.69, 9.17) is 0 Å². The second-order valence-corrected chi connectivity index (χ2v) is 10.3. The zero-order chi connectivity index (χ0) is 25.8. The van der Waals surface area contributed by atoms with Gasteiger partial charge in [0.25, 0.3) is 11.8 Å². The Morgan fingerprint density at radius 3 is 1.63 bits per heavy atom. The third kappa shape index (κ3) is 9.15. The maximum absolute atomic E-state index is 12.0. The number of carbonyl (C=O) groups is 3. The molecule has 194 valence electrons. The van der Waals surface area contributed by atoms with Gasteiger partial charge in [-0.3, -0.25) is 20.2 Å². The summed E-state index contributed by atoms with van der Waals surface area (Å²) in [5.74, 6) is -0.656. The predicted octanol–water partition coefficient (Wildman–Crippen LogP) is 6.52. The highest BCUT2D eigenvalue weighted by molar-refractivity contribution is 6.29. The van der Waals surface area contributed by atoms with Crippen molar-refractivity contribution in [3.05, 3.63) is 46.8 Å². The molecule has 0 aromatic carbocycles. The molecule has 2 N–H and O–H groups in total. The van der Waals surface area contributed by atoms with Crippen molar-refractivity contribution in [2.24, 2.45) is 11.8 Å². The fourth-order valence-electron chi connectivity index (χ4n) is 4.56. The first-order valence-electron chi connectivity index (χ1n) is 13.5. The third-order valence-corrected chi connectivity index (χ3v) is 6.56. The molecule has 6 heteroatoms. The van der Waals surface area contributed by atoms with Gasteiger partial charge >= 0.3 is 6.03 Å². The molecule has 0 aromatic heterocycles. The Morgan fingerprint density at radius 2 is 1.17 bits per heavy atom. The first-order valence-corrected chi connectivity index (χ1v) is 13.5. The molecule has 2 aliphatic rings. The number of hydrogen-bond acceptors (Lipinski definition) is 4. The van der Waals surface area contributed by atoms with Crippen LogP contribution in [0.5, 0.6) is 0 Å². The molecule has 2 rings (SSSR count). The number of carbonyl (C=O) groups excluding carboxylic acids is 3. The van der Waals surface area contributed by atoms with Gasteiger partial charge in [-0.25, -0.2) is 4.79 Å². The van der Waals surface area contributed by atoms with E-state index in [1.54, 1.807) is 6.08 Å². The molecule has 0 atom stereocenters.